The van der Waals surface area contributed by atoms with Gasteiger partial charge in [-0.15, -0.1) is 0 Å². The zero-order valence-electron chi connectivity index (χ0n) is 12.0. The molecule has 21 heavy (non-hydrogen) atoms. The van der Waals surface area contributed by atoms with Crippen LogP contribution >= 0.6 is 0 Å². The lowest BCUT2D eigenvalue weighted by atomic mass is 10.1. The molecule has 0 unspecified atom stereocenters. The summed E-state index contributed by atoms with van der Waals surface area (Å²) < 4.78 is 26.6. The zero-order chi connectivity index (χ0) is 14.8. The third-order valence-corrected chi connectivity index (χ3v) is 3.92. The zero-order valence-corrected chi connectivity index (χ0v) is 12.0. The maximum absolute atomic E-state index is 13.5. The van der Waals surface area contributed by atoms with Gasteiger partial charge in [-0.3, -0.25) is 0 Å². The quantitative estimate of drug-likeness (QED) is 0.929. The van der Waals surface area contributed by atoms with Crippen LogP contribution in [0.3, 0.4) is 0 Å². The van der Waals surface area contributed by atoms with E-state index >= 15 is 0 Å². The largest absolute Gasteiger partial charge is 0.374 e. The SMILES string of the molecule is CN1CCc2cc(CNCc3cc(F)ccc3F)ccc21. The molecular weight excluding hydrogens is 270 g/mol. The van der Waals surface area contributed by atoms with Gasteiger partial charge in [0.15, 0.2) is 0 Å². The van der Waals surface area contributed by atoms with Crippen molar-refractivity contribution in [3.05, 3.63) is 64.7 Å². The Bertz CT molecular complexity index is 655. The van der Waals surface area contributed by atoms with Crippen LogP contribution < -0.4 is 10.2 Å². The lowest BCUT2D eigenvalue weighted by Crippen LogP contribution is -2.14. The number of hydrogen-bond acceptors (Lipinski definition) is 2. The Morgan fingerprint density at radius 1 is 1.10 bits per heavy atom. The maximum Gasteiger partial charge on any atom is 0.127 e. The molecule has 3 rings (SSSR count). The summed E-state index contributed by atoms with van der Waals surface area (Å²) in [6.45, 7) is 2.02. The van der Waals surface area contributed by atoms with Gasteiger partial charge < -0.3 is 10.2 Å². The molecule has 0 radical (unpaired) electrons. The van der Waals surface area contributed by atoms with Crippen LogP contribution in [0.5, 0.6) is 0 Å². The van der Waals surface area contributed by atoms with Crippen molar-refractivity contribution in [2.75, 3.05) is 18.5 Å². The van der Waals surface area contributed by atoms with E-state index in [0.717, 1.165) is 25.1 Å². The number of benzene rings is 2. The van der Waals surface area contributed by atoms with E-state index in [-0.39, 0.29) is 5.82 Å². The van der Waals surface area contributed by atoms with Crippen molar-refractivity contribution in [3.63, 3.8) is 0 Å². The standard InChI is InChI=1S/C17H18F2N2/c1-21-7-6-13-8-12(2-5-17(13)21)10-20-11-14-9-15(18)3-4-16(14)19/h2-5,8-9,20H,6-7,10-11H2,1H3. The van der Waals surface area contributed by atoms with Crippen molar-refractivity contribution in [1.82, 2.24) is 5.32 Å². The molecule has 4 heteroatoms. The van der Waals surface area contributed by atoms with E-state index < -0.39 is 5.82 Å². The van der Waals surface area contributed by atoms with Gasteiger partial charge in [0, 0.05) is 37.9 Å². The Balaban J connectivity index is 1.62. The summed E-state index contributed by atoms with van der Waals surface area (Å²) in [5, 5.41) is 3.17. The molecule has 0 aliphatic carbocycles. The lowest BCUT2D eigenvalue weighted by molar-refractivity contribution is 0.568. The van der Waals surface area contributed by atoms with Crippen LogP contribution in [0.15, 0.2) is 36.4 Å². The molecule has 2 aromatic rings. The first kappa shape index (κ1) is 14.0. The van der Waals surface area contributed by atoms with Crippen molar-refractivity contribution in [3.8, 4) is 0 Å². The van der Waals surface area contributed by atoms with E-state index in [4.69, 9.17) is 0 Å². The number of anilines is 1. The van der Waals surface area contributed by atoms with Crippen molar-refractivity contribution >= 4 is 5.69 Å². The van der Waals surface area contributed by atoms with E-state index in [0.29, 0.717) is 18.7 Å². The Morgan fingerprint density at radius 2 is 1.95 bits per heavy atom. The Morgan fingerprint density at radius 3 is 2.81 bits per heavy atom. The van der Waals surface area contributed by atoms with Crippen LogP contribution in [-0.2, 0) is 19.5 Å². The number of rotatable bonds is 4. The molecule has 110 valence electrons. The minimum atomic E-state index is -0.409. The van der Waals surface area contributed by atoms with Crippen LogP contribution in [0, 0.1) is 11.6 Å². The number of hydrogen-bond donors (Lipinski definition) is 1. The Kier molecular flexibility index (Phi) is 3.88. The van der Waals surface area contributed by atoms with E-state index in [2.05, 4.69) is 35.5 Å². The first-order chi connectivity index (χ1) is 10.1. The van der Waals surface area contributed by atoms with Crippen molar-refractivity contribution in [2.45, 2.75) is 19.5 Å². The molecular formula is C17H18F2N2. The van der Waals surface area contributed by atoms with Crippen molar-refractivity contribution in [2.24, 2.45) is 0 Å². The first-order valence-electron chi connectivity index (χ1n) is 7.11. The molecule has 0 saturated heterocycles. The van der Waals surface area contributed by atoms with Gasteiger partial charge in [0.1, 0.15) is 11.6 Å². The average molecular weight is 288 g/mol. The third-order valence-electron chi connectivity index (χ3n) is 3.92. The third kappa shape index (κ3) is 3.05. The number of nitrogens with one attached hydrogen (secondary N) is 1. The fourth-order valence-corrected chi connectivity index (χ4v) is 2.75. The molecule has 0 fully saturated rings. The fourth-order valence-electron chi connectivity index (χ4n) is 2.75. The maximum atomic E-state index is 13.5. The minimum absolute atomic E-state index is 0.320. The smallest absolute Gasteiger partial charge is 0.127 e. The highest BCUT2D eigenvalue weighted by molar-refractivity contribution is 5.58. The van der Waals surface area contributed by atoms with Crippen molar-refractivity contribution < 1.29 is 8.78 Å². The summed E-state index contributed by atoms with van der Waals surface area (Å²) >= 11 is 0. The molecule has 1 aliphatic rings. The molecule has 1 N–H and O–H groups in total. The van der Waals surface area contributed by atoms with Crippen LogP contribution in [0.25, 0.3) is 0 Å². The second-order valence-electron chi connectivity index (χ2n) is 5.47. The summed E-state index contributed by atoms with van der Waals surface area (Å²) in [5.74, 6) is -0.784. The molecule has 2 aromatic carbocycles. The highest BCUT2D eigenvalue weighted by Crippen LogP contribution is 2.27. The number of nitrogens with zero attached hydrogens (tertiary/aromatic N) is 1. The van der Waals surface area contributed by atoms with Gasteiger partial charge in [0.05, 0.1) is 0 Å². The van der Waals surface area contributed by atoms with E-state index in [1.807, 2.05) is 0 Å². The molecule has 1 aliphatic heterocycles. The second-order valence-corrected chi connectivity index (χ2v) is 5.47. The van der Waals surface area contributed by atoms with Gasteiger partial charge in [-0.2, -0.15) is 0 Å². The Hall–Kier alpha value is -1.94. The monoisotopic (exact) mass is 288 g/mol. The van der Waals surface area contributed by atoms with E-state index in [1.165, 1.54) is 22.9 Å². The van der Waals surface area contributed by atoms with Crippen LogP contribution in [0.1, 0.15) is 16.7 Å². The molecule has 2 nitrogen and oxygen atoms in total. The topological polar surface area (TPSA) is 15.3 Å². The molecule has 0 atom stereocenters. The molecule has 0 spiro atoms. The predicted molar refractivity (Wildman–Crippen MR) is 80.3 cm³/mol. The highest BCUT2D eigenvalue weighted by Gasteiger charge is 2.15. The normalized spacial score (nSPS) is 13.6. The number of likely N-dealkylation sites (N-methyl/N-ethyl adjacent to an activating group) is 1. The lowest BCUT2D eigenvalue weighted by Gasteiger charge is -2.12. The molecule has 1 heterocycles. The summed E-state index contributed by atoms with van der Waals surface area (Å²) in [5.41, 5.74) is 4.17. The average Bonchev–Trinajstić information content (AvgIpc) is 2.84. The highest BCUT2D eigenvalue weighted by atomic mass is 19.1. The van der Waals surface area contributed by atoms with Gasteiger partial charge in [-0.1, -0.05) is 12.1 Å². The van der Waals surface area contributed by atoms with Gasteiger partial charge in [0.25, 0.3) is 0 Å². The van der Waals surface area contributed by atoms with Gasteiger partial charge in [-0.25, -0.2) is 8.78 Å². The van der Waals surface area contributed by atoms with Crippen LogP contribution in [-0.4, -0.2) is 13.6 Å². The summed E-state index contributed by atoms with van der Waals surface area (Å²) in [6.07, 6.45) is 1.07. The minimum Gasteiger partial charge on any atom is -0.374 e. The molecule has 0 aromatic heterocycles. The van der Waals surface area contributed by atoms with E-state index in [9.17, 15) is 8.78 Å². The van der Waals surface area contributed by atoms with Gasteiger partial charge in [0.2, 0.25) is 0 Å². The number of fused-ring (bicyclic) bond motifs is 1. The second kappa shape index (κ2) is 5.82. The van der Waals surface area contributed by atoms with Gasteiger partial charge >= 0.3 is 0 Å². The summed E-state index contributed by atoms with van der Waals surface area (Å²) in [4.78, 5) is 2.24. The summed E-state index contributed by atoms with van der Waals surface area (Å²) in [7, 11) is 2.09. The van der Waals surface area contributed by atoms with Crippen LogP contribution in [0.2, 0.25) is 0 Å². The predicted octanol–water partition coefficient (Wildman–Crippen LogP) is 3.25. The fraction of sp³-hybridized carbons (Fsp3) is 0.294. The number of halogens is 2. The molecule has 0 bridgehead atoms. The van der Waals surface area contributed by atoms with Crippen molar-refractivity contribution in [1.29, 1.82) is 0 Å². The first-order valence-corrected chi connectivity index (χ1v) is 7.11. The Labute approximate surface area is 123 Å². The van der Waals surface area contributed by atoms with Crippen LogP contribution in [0.4, 0.5) is 14.5 Å². The van der Waals surface area contributed by atoms with Gasteiger partial charge in [-0.05, 0) is 41.8 Å². The molecule has 0 saturated carbocycles. The summed E-state index contributed by atoms with van der Waals surface area (Å²) in [6, 6.07) is 9.93. The van der Waals surface area contributed by atoms with E-state index in [1.54, 1.807) is 0 Å². The molecule has 0 amide bonds.